The van der Waals surface area contributed by atoms with Gasteiger partial charge in [-0.25, -0.2) is 4.98 Å². The van der Waals surface area contributed by atoms with Gasteiger partial charge in [0, 0.05) is 23.1 Å². The molecule has 0 unspecified atom stereocenters. The summed E-state index contributed by atoms with van der Waals surface area (Å²) in [4.78, 5) is 9.11. The maximum atomic E-state index is 4.57. The smallest absolute Gasteiger partial charge is 0.181 e. The second kappa shape index (κ2) is 4.80. The van der Waals surface area contributed by atoms with Gasteiger partial charge in [-0.15, -0.1) is 0 Å². The van der Waals surface area contributed by atoms with E-state index in [9.17, 15) is 0 Å². The zero-order valence-electron chi connectivity index (χ0n) is 11.1. The Morgan fingerprint density at radius 3 is 2.84 bits per heavy atom. The molecule has 0 fully saturated rings. The molecule has 0 aliphatic heterocycles. The summed E-state index contributed by atoms with van der Waals surface area (Å²) in [5, 5.41) is 8.43. The van der Waals surface area contributed by atoms with Crippen LogP contribution in [0.5, 0.6) is 0 Å². The van der Waals surface area contributed by atoms with Gasteiger partial charge in [-0.1, -0.05) is 25.1 Å². The Balaban J connectivity index is 2.17. The van der Waals surface area contributed by atoms with E-state index in [0.717, 1.165) is 46.7 Å². The summed E-state index contributed by atoms with van der Waals surface area (Å²) in [7, 11) is 0. The van der Waals surface area contributed by atoms with Crippen molar-refractivity contribution in [3.8, 4) is 11.4 Å². The fourth-order valence-electron chi connectivity index (χ4n) is 2.26. The summed E-state index contributed by atoms with van der Waals surface area (Å²) in [6.45, 7) is 4.13. The fraction of sp³-hybridized carbons (Fsp3) is 0.267. The average Bonchev–Trinajstić information content (AvgIpc) is 2.86. The zero-order chi connectivity index (χ0) is 13.2. The van der Waals surface area contributed by atoms with Crippen molar-refractivity contribution >= 4 is 10.9 Å². The van der Waals surface area contributed by atoms with E-state index in [0.29, 0.717) is 0 Å². The molecule has 19 heavy (non-hydrogen) atoms. The minimum Gasteiger partial charge on any atom is -0.263 e. The largest absolute Gasteiger partial charge is 0.263 e. The van der Waals surface area contributed by atoms with Crippen LogP contribution in [-0.2, 0) is 6.42 Å². The van der Waals surface area contributed by atoms with Crippen LogP contribution in [0.2, 0.25) is 0 Å². The van der Waals surface area contributed by atoms with Crippen LogP contribution in [0, 0.1) is 6.92 Å². The van der Waals surface area contributed by atoms with Gasteiger partial charge in [0.05, 0.1) is 5.52 Å². The summed E-state index contributed by atoms with van der Waals surface area (Å²) in [6.07, 6.45) is 1.99. The number of aromatic amines is 1. The molecule has 0 atom stereocenters. The lowest BCUT2D eigenvalue weighted by molar-refractivity contribution is 0.841. The molecule has 1 N–H and O–H groups in total. The Morgan fingerprint density at radius 1 is 1.16 bits per heavy atom. The number of H-pyrrole nitrogens is 1. The first kappa shape index (κ1) is 11.8. The molecule has 0 spiro atoms. The van der Waals surface area contributed by atoms with Crippen molar-refractivity contribution in [1.82, 2.24) is 20.2 Å². The van der Waals surface area contributed by atoms with E-state index in [4.69, 9.17) is 0 Å². The Hall–Kier alpha value is -2.23. The third-order valence-corrected chi connectivity index (χ3v) is 3.10. The number of pyridine rings is 1. The second-order valence-electron chi connectivity index (χ2n) is 4.68. The van der Waals surface area contributed by atoms with Crippen LogP contribution in [-0.4, -0.2) is 20.2 Å². The monoisotopic (exact) mass is 252 g/mol. The van der Waals surface area contributed by atoms with Crippen molar-refractivity contribution in [3.63, 3.8) is 0 Å². The van der Waals surface area contributed by atoms with E-state index >= 15 is 0 Å². The molecule has 0 amide bonds. The van der Waals surface area contributed by atoms with Crippen LogP contribution >= 0.6 is 0 Å². The molecule has 0 aliphatic carbocycles. The van der Waals surface area contributed by atoms with E-state index in [-0.39, 0.29) is 0 Å². The molecule has 2 heterocycles. The van der Waals surface area contributed by atoms with Crippen molar-refractivity contribution in [1.29, 1.82) is 0 Å². The standard InChI is InChI=1S/C15H16N4/c1-3-6-14-17-15(19-18-14)12-9-10(2)16-13-8-5-4-7-11(12)13/h4-5,7-9H,3,6H2,1-2H3,(H,17,18,19). The van der Waals surface area contributed by atoms with Gasteiger partial charge in [-0.05, 0) is 25.5 Å². The van der Waals surface area contributed by atoms with Crippen molar-refractivity contribution in [2.75, 3.05) is 0 Å². The van der Waals surface area contributed by atoms with Crippen molar-refractivity contribution < 1.29 is 0 Å². The first-order valence-electron chi connectivity index (χ1n) is 6.56. The van der Waals surface area contributed by atoms with Gasteiger partial charge in [-0.3, -0.25) is 10.1 Å². The van der Waals surface area contributed by atoms with Gasteiger partial charge in [0.25, 0.3) is 0 Å². The molecule has 0 saturated heterocycles. The first-order chi connectivity index (χ1) is 9.28. The predicted molar refractivity (Wildman–Crippen MR) is 75.9 cm³/mol. The molecule has 0 aliphatic rings. The topological polar surface area (TPSA) is 54.5 Å². The number of hydrogen-bond acceptors (Lipinski definition) is 3. The highest BCUT2D eigenvalue weighted by Crippen LogP contribution is 2.25. The van der Waals surface area contributed by atoms with Crippen LogP contribution in [0.3, 0.4) is 0 Å². The molecular weight excluding hydrogens is 236 g/mol. The number of rotatable bonds is 3. The Morgan fingerprint density at radius 2 is 2.00 bits per heavy atom. The molecule has 2 aromatic heterocycles. The van der Waals surface area contributed by atoms with Gasteiger partial charge < -0.3 is 0 Å². The minimum atomic E-state index is 0.755. The predicted octanol–water partition coefficient (Wildman–Crippen LogP) is 3.28. The lowest BCUT2D eigenvalue weighted by atomic mass is 10.1. The van der Waals surface area contributed by atoms with Crippen LogP contribution in [0.25, 0.3) is 22.3 Å². The first-order valence-corrected chi connectivity index (χ1v) is 6.56. The molecule has 1 aromatic carbocycles. The summed E-state index contributed by atoms with van der Waals surface area (Å²) >= 11 is 0. The highest BCUT2D eigenvalue weighted by Gasteiger charge is 2.10. The number of benzene rings is 1. The van der Waals surface area contributed by atoms with Gasteiger partial charge in [0.2, 0.25) is 0 Å². The summed E-state index contributed by atoms with van der Waals surface area (Å²) in [5.41, 5.74) is 3.01. The molecule has 4 heteroatoms. The van der Waals surface area contributed by atoms with Gasteiger partial charge in [0.15, 0.2) is 5.82 Å². The summed E-state index contributed by atoms with van der Waals surface area (Å²) < 4.78 is 0. The molecule has 0 saturated carbocycles. The molecule has 3 rings (SSSR count). The number of aryl methyl sites for hydroxylation is 2. The Bertz CT molecular complexity index is 715. The maximum absolute atomic E-state index is 4.57. The molecular formula is C15H16N4. The number of fused-ring (bicyclic) bond motifs is 1. The average molecular weight is 252 g/mol. The maximum Gasteiger partial charge on any atom is 0.181 e. The Kier molecular flexibility index (Phi) is 2.99. The van der Waals surface area contributed by atoms with Crippen LogP contribution in [0.1, 0.15) is 24.9 Å². The van der Waals surface area contributed by atoms with Crippen molar-refractivity contribution in [3.05, 3.63) is 41.9 Å². The molecule has 0 bridgehead atoms. The lowest BCUT2D eigenvalue weighted by Crippen LogP contribution is -1.90. The molecule has 0 radical (unpaired) electrons. The van der Waals surface area contributed by atoms with Crippen LogP contribution in [0.15, 0.2) is 30.3 Å². The zero-order valence-corrected chi connectivity index (χ0v) is 11.1. The van der Waals surface area contributed by atoms with E-state index in [2.05, 4.69) is 33.2 Å². The summed E-state index contributed by atoms with van der Waals surface area (Å²) in [5.74, 6) is 1.70. The van der Waals surface area contributed by atoms with Crippen LogP contribution in [0.4, 0.5) is 0 Å². The quantitative estimate of drug-likeness (QED) is 0.778. The number of nitrogens with zero attached hydrogens (tertiary/aromatic N) is 3. The molecule has 3 aromatic rings. The Labute approximate surface area is 111 Å². The number of aromatic nitrogens is 4. The number of hydrogen-bond donors (Lipinski definition) is 1. The fourth-order valence-corrected chi connectivity index (χ4v) is 2.26. The van der Waals surface area contributed by atoms with E-state index in [1.165, 1.54) is 0 Å². The highest BCUT2D eigenvalue weighted by atomic mass is 15.2. The third kappa shape index (κ3) is 2.21. The van der Waals surface area contributed by atoms with E-state index < -0.39 is 0 Å². The van der Waals surface area contributed by atoms with Gasteiger partial charge in [0.1, 0.15) is 5.82 Å². The van der Waals surface area contributed by atoms with Crippen molar-refractivity contribution in [2.24, 2.45) is 0 Å². The second-order valence-corrected chi connectivity index (χ2v) is 4.68. The van der Waals surface area contributed by atoms with E-state index in [1.54, 1.807) is 0 Å². The molecule has 4 nitrogen and oxygen atoms in total. The lowest BCUT2D eigenvalue weighted by Gasteiger charge is -2.04. The third-order valence-electron chi connectivity index (χ3n) is 3.10. The van der Waals surface area contributed by atoms with Gasteiger partial charge in [-0.2, -0.15) is 5.10 Å². The summed E-state index contributed by atoms with van der Waals surface area (Å²) in [6, 6.07) is 10.1. The number of para-hydroxylation sites is 1. The van der Waals surface area contributed by atoms with E-state index in [1.807, 2.05) is 31.2 Å². The minimum absolute atomic E-state index is 0.755. The SMILES string of the molecule is CCCc1nc(-c2cc(C)nc3ccccc23)n[nH]1. The number of nitrogens with one attached hydrogen (secondary N) is 1. The normalized spacial score (nSPS) is 11.1. The van der Waals surface area contributed by atoms with Crippen LogP contribution < -0.4 is 0 Å². The van der Waals surface area contributed by atoms with Gasteiger partial charge >= 0.3 is 0 Å². The highest BCUT2D eigenvalue weighted by molar-refractivity contribution is 5.92. The van der Waals surface area contributed by atoms with Crippen molar-refractivity contribution in [2.45, 2.75) is 26.7 Å². The molecule has 96 valence electrons.